The molecule has 0 unspecified atom stereocenters. The number of nitrogens with zero attached hydrogens (tertiary/aromatic N) is 4. The first-order valence-electron chi connectivity index (χ1n) is 6.31. The molecular formula is C15H14N4O. The molecule has 5 nitrogen and oxygen atoms in total. The highest BCUT2D eigenvalue weighted by atomic mass is 16.4. The molecule has 0 fully saturated rings. The van der Waals surface area contributed by atoms with E-state index in [0.29, 0.717) is 5.84 Å². The number of hydrogen-bond donors (Lipinski definition) is 1. The molecule has 0 radical (unpaired) electrons. The van der Waals surface area contributed by atoms with Crippen LogP contribution in [0.25, 0.3) is 11.0 Å². The minimum Gasteiger partial charge on any atom is -0.409 e. The van der Waals surface area contributed by atoms with Gasteiger partial charge >= 0.3 is 0 Å². The summed E-state index contributed by atoms with van der Waals surface area (Å²) >= 11 is 0. The van der Waals surface area contributed by atoms with Gasteiger partial charge in [-0.05, 0) is 37.1 Å². The van der Waals surface area contributed by atoms with E-state index in [2.05, 4.69) is 15.5 Å². The topological polar surface area (TPSA) is 63.3 Å². The van der Waals surface area contributed by atoms with Crippen molar-refractivity contribution in [3.63, 3.8) is 0 Å². The average molecular weight is 266 g/mol. The van der Waals surface area contributed by atoms with Crippen LogP contribution >= 0.6 is 0 Å². The first kappa shape index (κ1) is 12.3. The Labute approximate surface area is 116 Å². The summed E-state index contributed by atoms with van der Waals surface area (Å²) in [7, 11) is 0. The van der Waals surface area contributed by atoms with Crippen LogP contribution in [0.3, 0.4) is 0 Å². The van der Waals surface area contributed by atoms with Crippen molar-refractivity contribution in [1.82, 2.24) is 15.0 Å². The van der Waals surface area contributed by atoms with Gasteiger partial charge in [-0.1, -0.05) is 40.7 Å². The van der Waals surface area contributed by atoms with Crippen LogP contribution in [-0.2, 0) is 0 Å². The molecule has 20 heavy (non-hydrogen) atoms. The summed E-state index contributed by atoms with van der Waals surface area (Å²) in [6.07, 6.45) is 0. The van der Waals surface area contributed by atoms with Crippen molar-refractivity contribution >= 4 is 16.9 Å². The molecule has 1 heterocycles. The van der Waals surface area contributed by atoms with E-state index < -0.39 is 0 Å². The molecule has 5 heteroatoms. The Bertz CT molecular complexity index is 790. The SMILES string of the molecule is Cc1cc2nnn(/C(=N\O)c3ccccc3)c2cc1C. The fourth-order valence-electron chi connectivity index (χ4n) is 2.14. The van der Waals surface area contributed by atoms with Crippen LogP contribution in [0.15, 0.2) is 47.6 Å². The van der Waals surface area contributed by atoms with Crippen LogP contribution in [-0.4, -0.2) is 26.0 Å². The first-order valence-corrected chi connectivity index (χ1v) is 6.31. The van der Waals surface area contributed by atoms with E-state index in [9.17, 15) is 5.21 Å². The predicted octanol–water partition coefficient (Wildman–Crippen LogP) is 2.73. The summed E-state index contributed by atoms with van der Waals surface area (Å²) in [6.45, 7) is 4.07. The van der Waals surface area contributed by atoms with Crippen molar-refractivity contribution < 1.29 is 5.21 Å². The highest BCUT2D eigenvalue weighted by molar-refractivity contribution is 6.03. The molecule has 3 aromatic rings. The van der Waals surface area contributed by atoms with Crippen molar-refractivity contribution in [1.29, 1.82) is 0 Å². The predicted molar refractivity (Wildman–Crippen MR) is 77.2 cm³/mol. The fourth-order valence-corrected chi connectivity index (χ4v) is 2.14. The average Bonchev–Trinajstić information content (AvgIpc) is 2.85. The Kier molecular flexibility index (Phi) is 2.95. The third-order valence-electron chi connectivity index (χ3n) is 3.39. The van der Waals surface area contributed by atoms with Crippen molar-refractivity contribution in [3.05, 3.63) is 59.2 Å². The van der Waals surface area contributed by atoms with E-state index in [0.717, 1.165) is 27.7 Å². The van der Waals surface area contributed by atoms with Gasteiger partial charge in [0.15, 0.2) is 0 Å². The van der Waals surface area contributed by atoms with Crippen LogP contribution in [0.4, 0.5) is 0 Å². The van der Waals surface area contributed by atoms with Crippen LogP contribution in [0, 0.1) is 13.8 Å². The van der Waals surface area contributed by atoms with Crippen molar-refractivity contribution in [3.8, 4) is 0 Å². The molecule has 0 saturated heterocycles. The number of aryl methyl sites for hydroxylation is 2. The van der Waals surface area contributed by atoms with Gasteiger partial charge in [0.05, 0.1) is 5.52 Å². The summed E-state index contributed by atoms with van der Waals surface area (Å²) < 4.78 is 1.55. The van der Waals surface area contributed by atoms with Gasteiger partial charge in [-0.3, -0.25) is 0 Å². The summed E-state index contributed by atoms with van der Waals surface area (Å²) in [5, 5.41) is 21.0. The zero-order chi connectivity index (χ0) is 14.1. The lowest BCUT2D eigenvalue weighted by Crippen LogP contribution is -2.15. The molecule has 0 aliphatic heterocycles. The van der Waals surface area contributed by atoms with Gasteiger partial charge in [0.25, 0.3) is 0 Å². The minimum absolute atomic E-state index is 0.358. The van der Waals surface area contributed by atoms with E-state index in [1.807, 2.05) is 56.3 Å². The Balaban J connectivity index is 2.21. The van der Waals surface area contributed by atoms with Gasteiger partial charge < -0.3 is 5.21 Å². The van der Waals surface area contributed by atoms with E-state index in [1.165, 1.54) is 0 Å². The molecule has 0 amide bonds. The van der Waals surface area contributed by atoms with Crippen LogP contribution in [0.2, 0.25) is 0 Å². The standard InChI is InChI=1S/C15H14N4O/c1-10-8-13-14(9-11(10)2)19(18-16-13)15(17-20)12-6-4-3-5-7-12/h3-9,20H,1-2H3/b17-15-. The molecule has 0 atom stereocenters. The Morgan fingerprint density at radius 3 is 2.50 bits per heavy atom. The minimum atomic E-state index is 0.358. The lowest BCUT2D eigenvalue weighted by molar-refractivity contribution is 0.316. The third kappa shape index (κ3) is 1.93. The van der Waals surface area contributed by atoms with Crippen molar-refractivity contribution in [2.75, 3.05) is 0 Å². The number of fused-ring (bicyclic) bond motifs is 1. The monoisotopic (exact) mass is 266 g/mol. The summed E-state index contributed by atoms with van der Waals surface area (Å²) in [6, 6.07) is 13.4. The number of benzene rings is 2. The Morgan fingerprint density at radius 2 is 1.80 bits per heavy atom. The van der Waals surface area contributed by atoms with Crippen molar-refractivity contribution in [2.24, 2.45) is 5.16 Å². The second-order valence-electron chi connectivity index (χ2n) is 4.72. The lowest BCUT2D eigenvalue weighted by Gasteiger charge is -2.06. The second-order valence-corrected chi connectivity index (χ2v) is 4.72. The highest BCUT2D eigenvalue weighted by Gasteiger charge is 2.13. The van der Waals surface area contributed by atoms with Crippen molar-refractivity contribution in [2.45, 2.75) is 13.8 Å². The molecule has 1 aromatic heterocycles. The first-order chi connectivity index (χ1) is 9.70. The van der Waals surface area contributed by atoms with Gasteiger partial charge in [-0.15, -0.1) is 5.10 Å². The van der Waals surface area contributed by atoms with Gasteiger partial charge in [0, 0.05) is 5.56 Å². The van der Waals surface area contributed by atoms with Gasteiger partial charge in [-0.25, -0.2) is 0 Å². The van der Waals surface area contributed by atoms with Crippen LogP contribution < -0.4 is 0 Å². The molecule has 3 rings (SSSR count). The molecule has 0 spiro atoms. The third-order valence-corrected chi connectivity index (χ3v) is 3.39. The maximum atomic E-state index is 9.33. The van der Waals surface area contributed by atoms with E-state index in [4.69, 9.17) is 0 Å². The van der Waals surface area contributed by atoms with E-state index >= 15 is 0 Å². The van der Waals surface area contributed by atoms with Gasteiger partial charge in [0.1, 0.15) is 5.52 Å². The maximum absolute atomic E-state index is 9.33. The van der Waals surface area contributed by atoms with Gasteiger partial charge in [0.2, 0.25) is 5.84 Å². The number of aromatic nitrogens is 3. The Morgan fingerprint density at radius 1 is 1.10 bits per heavy atom. The van der Waals surface area contributed by atoms with E-state index in [1.54, 1.807) is 4.68 Å². The molecule has 0 aliphatic carbocycles. The summed E-state index contributed by atoms with van der Waals surface area (Å²) in [5.41, 5.74) is 4.69. The quantitative estimate of drug-likeness (QED) is 0.319. The number of oxime groups is 1. The fraction of sp³-hybridized carbons (Fsp3) is 0.133. The zero-order valence-electron chi connectivity index (χ0n) is 11.3. The summed E-state index contributed by atoms with van der Waals surface area (Å²) in [5.74, 6) is 0.358. The molecule has 0 saturated carbocycles. The molecule has 0 bridgehead atoms. The normalized spacial score (nSPS) is 12.0. The molecular weight excluding hydrogens is 252 g/mol. The molecule has 1 N–H and O–H groups in total. The zero-order valence-corrected chi connectivity index (χ0v) is 11.3. The molecule has 0 aliphatic rings. The Hall–Kier alpha value is -2.69. The van der Waals surface area contributed by atoms with Crippen LogP contribution in [0.5, 0.6) is 0 Å². The number of hydrogen-bond acceptors (Lipinski definition) is 4. The molecule has 100 valence electrons. The number of rotatable bonds is 1. The molecule has 2 aromatic carbocycles. The largest absolute Gasteiger partial charge is 0.409 e. The smallest absolute Gasteiger partial charge is 0.201 e. The summed E-state index contributed by atoms with van der Waals surface area (Å²) in [4.78, 5) is 0. The second kappa shape index (κ2) is 4.77. The lowest BCUT2D eigenvalue weighted by atomic mass is 10.1. The van der Waals surface area contributed by atoms with E-state index in [-0.39, 0.29) is 0 Å². The van der Waals surface area contributed by atoms with Gasteiger partial charge in [-0.2, -0.15) is 4.68 Å². The highest BCUT2D eigenvalue weighted by Crippen LogP contribution is 2.18. The maximum Gasteiger partial charge on any atom is 0.201 e. The van der Waals surface area contributed by atoms with Crippen LogP contribution in [0.1, 0.15) is 16.7 Å².